The minimum Gasteiger partial charge on any atom is -0.398 e. The van der Waals surface area contributed by atoms with E-state index in [1.165, 1.54) is 72.0 Å². The van der Waals surface area contributed by atoms with Crippen molar-refractivity contribution in [2.45, 2.75) is 45.4 Å². The molecule has 18 nitrogen and oxygen atoms in total. The SMILES string of the molecule is C[N+](C)(C)CCOCCn1ccc2c(N)cccc21.C[N+]1(CCCNCCn2ccc3c(N)cccc32)CCOCC1.C[N+]1(CCNCCn2ccc3c(N)cccc32)CCOCC1.C[N+]1(CCOCCn2ccc3c(N)cccc32)CCCC1. The maximum Gasteiger partial charge on any atom is 0.102 e. The van der Waals surface area contributed by atoms with Gasteiger partial charge in [-0.3, -0.25) is 0 Å². The second kappa shape index (κ2) is 31.5. The molecule has 18 heteroatoms. The van der Waals surface area contributed by atoms with Crippen molar-refractivity contribution in [1.29, 1.82) is 0 Å². The van der Waals surface area contributed by atoms with E-state index in [0.29, 0.717) is 0 Å². The van der Waals surface area contributed by atoms with Gasteiger partial charge in [0.1, 0.15) is 39.3 Å². The van der Waals surface area contributed by atoms with Gasteiger partial charge in [-0.05, 0) is 72.8 Å². The average Bonchev–Trinajstić information content (AvgIpc) is 3.56. The molecule has 0 aliphatic carbocycles. The second-order valence-corrected chi connectivity index (χ2v) is 25.6. The third-order valence-corrected chi connectivity index (χ3v) is 17.7. The van der Waals surface area contributed by atoms with Gasteiger partial charge in [0.2, 0.25) is 0 Å². The summed E-state index contributed by atoms with van der Waals surface area (Å²) in [4.78, 5) is 0. The number of hydrogen-bond acceptors (Lipinski definition) is 10. The first-order chi connectivity index (χ1) is 41.0. The summed E-state index contributed by atoms with van der Waals surface area (Å²) in [6, 6.07) is 32.7. The molecule has 0 atom stereocenters. The van der Waals surface area contributed by atoms with Crippen molar-refractivity contribution < 1.29 is 36.9 Å². The standard InChI is InChI=1S/C18H29N4O.C17H27N4O.C17H26N3O.C15H24N3O/c1-22(12-14-23-15-13-22)11-3-7-20-8-10-21-9-6-16-17(19)4-2-5-18(16)21;1-21(11-13-22-14-12-21)10-7-19-6-9-20-8-5-15-16(18)3-2-4-17(15)20;1-20(10-2-3-11-20)12-14-21-13-9-19-8-7-15-16(18)5-4-6-17(15)19;1-18(2,3)10-12-19-11-9-17-8-7-13-14(16)5-4-6-15(13)17/h2,4-6,9,20H,3,7-8,10-15,19H2,1H3;2-5,8,19H,6-7,9-14,18H2,1H3;4-8H,2-3,9-14,18H2,1H3;4-8H,9-12,16H2,1-3H3/q4*+1. The number of hydrogen-bond donors (Lipinski definition) is 6. The summed E-state index contributed by atoms with van der Waals surface area (Å²) in [5, 5.41) is 11.7. The number of morpholine rings is 2. The van der Waals surface area contributed by atoms with Crippen molar-refractivity contribution in [1.82, 2.24) is 28.9 Å². The number of anilines is 4. The smallest absolute Gasteiger partial charge is 0.102 e. The maximum absolute atomic E-state index is 6.01. The fourth-order valence-corrected chi connectivity index (χ4v) is 11.8. The lowest BCUT2D eigenvalue weighted by atomic mass is 10.2. The number of nitrogens with zero attached hydrogens (tertiary/aromatic N) is 8. The first kappa shape index (κ1) is 64.8. The Morgan fingerprint density at radius 2 is 0.788 bits per heavy atom. The van der Waals surface area contributed by atoms with Gasteiger partial charge < -0.3 is 88.7 Å². The van der Waals surface area contributed by atoms with E-state index in [0.717, 1.165) is 202 Å². The minimum atomic E-state index is 0.735. The second-order valence-electron chi connectivity index (χ2n) is 25.6. The average molecular weight is 1170 g/mol. The van der Waals surface area contributed by atoms with E-state index in [-0.39, 0.29) is 0 Å². The molecule has 3 fully saturated rings. The van der Waals surface area contributed by atoms with Gasteiger partial charge in [-0.25, -0.2) is 0 Å². The van der Waals surface area contributed by atoms with Gasteiger partial charge >= 0.3 is 0 Å². The highest BCUT2D eigenvalue weighted by atomic mass is 16.5. The zero-order valence-electron chi connectivity index (χ0n) is 52.6. The Morgan fingerprint density at radius 3 is 1.20 bits per heavy atom. The number of likely N-dealkylation sites (N-methyl/N-ethyl adjacent to an activating group) is 4. The van der Waals surface area contributed by atoms with Gasteiger partial charge in [-0.1, -0.05) is 24.3 Å². The van der Waals surface area contributed by atoms with Crippen LogP contribution >= 0.6 is 0 Å². The van der Waals surface area contributed by atoms with Gasteiger partial charge in [0, 0.05) is 141 Å². The summed E-state index contributed by atoms with van der Waals surface area (Å²) in [6.45, 7) is 26.3. The predicted molar refractivity (Wildman–Crippen MR) is 354 cm³/mol. The molecular weight excluding hydrogens is 1060 g/mol. The van der Waals surface area contributed by atoms with Crippen LogP contribution in [0, 0.1) is 0 Å². The van der Waals surface area contributed by atoms with Crippen LogP contribution in [0.2, 0.25) is 0 Å². The van der Waals surface area contributed by atoms with Gasteiger partial charge in [-0.2, -0.15) is 0 Å². The quantitative estimate of drug-likeness (QED) is 0.0192. The van der Waals surface area contributed by atoms with E-state index in [9.17, 15) is 0 Å². The molecule has 3 aliphatic rings. The zero-order valence-corrected chi connectivity index (χ0v) is 52.6. The Morgan fingerprint density at radius 1 is 0.424 bits per heavy atom. The number of likely N-dealkylation sites (tertiary alicyclic amines) is 1. The molecule has 0 saturated carbocycles. The predicted octanol–water partition coefficient (Wildman–Crippen LogP) is 7.40. The summed E-state index contributed by atoms with van der Waals surface area (Å²) in [5.41, 5.74) is 32.1. The summed E-state index contributed by atoms with van der Waals surface area (Å²) >= 11 is 0. The van der Waals surface area contributed by atoms with Gasteiger partial charge in [-0.15, -0.1) is 0 Å². The zero-order chi connectivity index (χ0) is 60.1. The van der Waals surface area contributed by atoms with Crippen LogP contribution in [0.4, 0.5) is 22.7 Å². The number of fused-ring (bicyclic) bond motifs is 4. The van der Waals surface area contributed by atoms with Gasteiger partial charge in [0.15, 0.2) is 0 Å². The topological polar surface area (TPSA) is 185 Å². The highest BCUT2D eigenvalue weighted by molar-refractivity contribution is 5.93. The van der Waals surface area contributed by atoms with Gasteiger partial charge in [0.25, 0.3) is 0 Å². The van der Waals surface area contributed by atoms with Crippen LogP contribution in [0.5, 0.6) is 0 Å². The summed E-state index contributed by atoms with van der Waals surface area (Å²) in [6.07, 6.45) is 12.4. The molecule has 85 heavy (non-hydrogen) atoms. The van der Waals surface area contributed by atoms with Crippen molar-refractivity contribution >= 4 is 66.4 Å². The summed E-state index contributed by atoms with van der Waals surface area (Å²) < 4.78 is 35.8. The highest BCUT2D eigenvalue weighted by Crippen LogP contribution is 2.25. The summed E-state index contributed by atoms with van der Waals surface area (Å²) in [5.74, 6) is 0. The van der Waals surface area contributed by atoms with Crippen molar-refractivity contribution in [3.63, 3.8) is 0 Å². The number of aromatic nitrogens is 4. The highest BCUT2D eigenvalue weighted by Gasteiger charge is 2.27. The molecule has 464 valence electrons. The first-order valence-corrected chi connectivity index (χ1v) is 31.4. The normalized spacial score (nSPS) is 16.4. The molecule has 4 aromatic heterocycles. The molecule has 0 radical (unpaired) electrons. The fraction of sp³-hybridized carbons (Fsp3) is 0.522. The molecule has 0 spiro atoms. The van der Waals surface area contributed by atoms with Crippen LogP contribution in [0.1, 0.15) is 19.3 Å². The number of nitrogens with two attached hydrogens (primary N) is 4. The Labute approximate surface area is 507 Å². The minimum absolute atomic E-state index is 0.735. The van der Waals surface area contributed by atoms with Crippen molar-refractivity contribution in [3.8, 4) is 0 Å². The Bertz CT molecular complexity index is 3250. The molecule has 11 rings (SSSR count). The lowest BCUT2D eigenvalue weighted by Gasteiger charge is -2.37. The van der Waals surface area contributed by atoms with Gasteiger partial charge in [0.05, 0.1) is 143 Å². The number of nitrogen functional groups attached to an aromatic ring is 4. The van der Waals surface area contributed by atoms with Crippen LogP contribution in [0.3, 0.4) is 0 Å². The van der Waals surface area contributed by atoms with Crippen LogP contribution in [0.25, 0.3) is 43.6 Å². The molecule has 10 N–H and O–H groups in total. The van der Waals surface area contributed by atoms with E-state index in [1.807, 2.05) is 48.5 Å². The first-order valence-electron chi connectivity index (χ1n) is 31.4. The van der Waals surface area contributed by atoms with Crippen LogP contribution in [-0.2, 0) is 45.1 Å². The van der Waals surface area contributed by atoms with Crippen molar-refractivity contribution in [3.05, 3.63) is 122 Å². The molecular formula is C67H106N14O4+4. The maximum atomic E-state index is 6.01. The van der Waals surface area contributed by atoms with Crippen molar-refractivity contribution in [2.75, 3.05) is 210 Å². The van der Waals surface area contributed by atoms with E-state index in [1.54, 1.807) is 0 Å². The van der Waals surface area contributed by atoms with Crippen LogP contribution in [-0.4, -0.2) is 223 Å². The van der Waals surface area contributed by atoms with Crippen LogP contribution < -0.4 is 33.6 Å². The van der Waals surface area contributed by atoms with E-state index < -0.39 is 0 Å². The Hall–Kier alpha value is -6.16. The fourth-order valence-electron chi connectivity index (χ4n) is 11.8. The number of quaternary nitrogens is 4. The lowest BCUT2D eigenvalue weighted by Crippen LogP contribution is -2.54. The Kier molecular flexibility index (Phi) is 24.0. The molecule has 3 aliphatic heterocycles. The summed E-state index contributed by atoms with van der Waals surface area (Å²) in [7, 11) is 13.5. The lowest BCUT2D eigenvalue weighted by molar-refractivity contribution is -0.917. The number of nitrogens with one attached hydrogen (secondary N) is 2. The molecule has 4 aromatic carbocycles. The van der Waals surface area contributed by atoms with E-state index in [2.05, 4.69) is 145 Å². The monoisotopic (exact) mass is 1170 g/mol. The van der Waals surface area contributed by atoms with E-state index in [4.69, 9.17) is 41.9 Å². The van der Waals surface area contributed by atoms with E-state index >= 15 is 0 Å². The molecule has 7 heterocycles. The molecule has 8 aromatic rings. The number of rotatable bonds is 25. The van der Waals surface area contributed by atoms with Crippen molar-refractivity contribution in [2.24, 2.45) is 0 Å². The third-order valence-electron chi connectivity index (χ3n) is 17.7. The molecule has 3 saturated heterocycles. The Balaban J connectivity index is 0.000000148. The number of benzene rings is 4. The largest absolute Gasteiger partial charge is 0.398 e. The molecule has 0 bridgehead atoms. The third kappa shape index (κ3) is 19.4. The molecule has 0 unspecified atom stereocenters. The van der Waals surface area contributed by atoms with Crippen LogP contribution in [0.15, 0.2) is 122 Å². The molecule has 0 amide bonds. The number of ether oxygens (including phenoxy) is 4.